The van der Waals surface area contributed by atoms with Gasteiger partial charge in [0.2, 0.25) is 0 Å². The predicted octanol–water partition coefficient (Wildman–Crippen LogP) is 3.56. The maximum Gasteiger partial charge on any atom is 0.416 e. The number of hydrogen-bond donors (Lipinski definition) is 0. The lowest BCUT2D eigenvalue weighted by molar-refractivity contribution is -0.393. The van der Waals surface area contributed by atoms with Crippen molar-refractivity contribution in [2.75, 3.05) is 18.0 Å². The summed E-state index contributed by atoms with van der Waals surface area (Å²) in [5, 5.41) is 22.7. The Bertz CT molecular complexity index is 826. The molecule has 0 spiro atoms. The van der Waals surface area contributed by atoms with E-state index >= 15 is 0 Å². The summed E-state index contributed by atoms with van der Waals surface area (Å²) >= 11 is 0. The molecule has 1 aliphatic rings. The van der Waals surface area contributed by atoms with Gasteiger partial charge in [-0.3, -0.25) is 20.2 Å². The summed E-state index contributed by atoms with van der Waals surface area (Å²) in [6.07, 6.45) is 1.12. The van der Waals surface area contributed by atoms with E-state index in [9.17, 15) is 33.4 Å². The van der Waals surface area contributed by atoms with Crippen LogP contribution < -0.4 is 4.90 Å². The highest BCUT2D eigenvalue weighted by Gasteiger charge is 2.39. The zero-order valence-corrected chi connectivity index (χ0v) is 13.8. The average molecular weight is 385 g/mol. The topological polar surface area (TPSA) is 107 Å². The predicted molar refractivity (Wildman–Crippen MR) is 87.5 cm³/mol. The first kappa shape index (κ1) is 18.6. The van der Waals surface area contributed by atoms with Crippen LogP contribution in [-0.4, -0.2) is 32.5 Å². The lowest BCUT2D eigenvalue weighted by atomic mass is 10.0. The van der Waals surface area contributed by atoms with Crippen LogP contribution in [0.3, 0.4) is 0 Å². The number of nitro benzene ring substituents is 2. The zero-order valence-electron chi connectivity index (χ0n) is 13.8. The van der Waals surface area contributed by atoms with Crippen molar-refractivity contribution in [3.05, 3.63) is 56.6 Å². The van der Waals surface area contributed by atoms with Gasteiger partial charge in [0.15, 0.2) is 5.69 Å². The van der Waals surface area contributed by atoms with Crippen molar-refractivity contribution in [1.82, 2.24) is 9.55 Å². The second-order valence-corrected chi connectivity index (χ2v) is 6.10. The lowest BCUT2D eigenvalue weighted by Crippen LogP contribution is -2.35. The molecule has 27 heavy (non-hydrogen) atoms. The molecule has 0 bridgehead atoms. The van der Waals surface area contributed by atoms with Gasteiger partial charge < -0.3 is 9.47 Å². The van der Waals surface area contributed by atoms with Gasteiger partial charge in [0.05, 0.1) is 21.7 Å². The van der Waals surface area contributed by atoms with Crippen molar-refractivity contribution in [3.8, 4) is 0 Å². The molecule has 1 aromatic carbocycles. The Morgan fingerprint density at radius 3 is 2.04 bits per heavy atom. The lowest BCUT2D eigenvalue weighted by Gasteiger charge is -2.33. The Hall–Kier alpha value is -3.18. The van der Waals surface area contributed by atoms with Gasteiger partial charge in [-0.15, -0.1) is 0 Å². The molecule has 1 aliphatic heterocycles. The van der Waals surface area contributed by atoms with Crippen molar-refractivity contribution in [1.29, 1.82) is 0 Å². The largest absolute Gasteiger partial charge is 0.416 e. The Morgan fingerprint density at radius 1 is 1.07 bits per heavy atom. The molecule has 2 heterocycles. The molecule has 144 valence electrons. The van der Waals surface area contributed by atoms with Gasteiger partial charge in [-0.2, -0.15) is 13.2 Å². The van der Waals surface area contributed by atoms with Crippen LogP contribution in [0.5, 0.6) is 0 Å². The smallest absolute Gasteiger partial charge is 0.360 e. The van der Waals surface area contributed by atoms with Crippen LogP contribution in [0.15, 0.2) is 30.9 Å². The molecule has 1 fully saturated rings. The molecular weight excluding hydrogens is 371 g/mol. The summed E-state index contributed by atoms with van der Waals surface area (Å²) in [7, 11) is 0. The molecule has 9 nitrogen and oxygen atoms in total. The van der Waals surface area contributed by atoms with Gasteiger partial charge in [-0.1, -0.05) is 0 Å². The standard InChI is InChI=1S/C15H14F3N5O4/c16-15(17,18)10-7-12(22(24)25)14(13(8-10)23(26)27)20-4-1-11(2-5-20)21-6-3-19-9-21/h3,6-9,11H,1-2,4-5H2. The molecule has 0 N–H and O–H groups in total. The van der Waals surface area contributed by atoms with Crippen molar-refractivity contribution in [2.24, 2.45) is 0 Å². The highest BCUT2D eigenvalue weighted by atomic mass is 19.4. The Kier molecular flexibility index (Phi) is 4.72. The number of benzene rings is 1. The molecule has 0 saturated carbocycles. The maximum atomic E-state index is 13.0. The summed E-state index contributed by atoms with van der Waals surface area (Å²) in [6.45, 7) is 0.464. The van der Waals surface area contributed by atoms with E-state index in [1.54, 1.807) is 18.7 Å². The van der Waals surface area contributed by atoms with Crippen LogP contribution in [0.25, 0.3) is 0 Å². The third-order valence-electron chi connectivity index (χ3n) is 4.52. The van der Waals surface area contributed by atoms with E-state index in [0.717, 1.165) is 0 Å². The number of rotatable bonds is 4. The first-order chi connectivity index (χ1) is 12.7. The third kappa shape index (κ3) is 3.68. The first-order valence-corrected chi connectivity index (χ1v) is 7.95. The van der Waals surface area contributed by atoms with E-state index in [1.807, 2.05) is 4.57 Å². The summed E-state index contributed by atoms with van der Waals surface area (Å²) in [6, 6.07) is 0.769. The molecule has 0 radical (unpaired) electrons. The zero-order chi connectivity index (χ0) is 19.8. The molecule has 0 unspecified atom stereocenters. The Labute approximate surface area is 150 Å². The molecule has 1 aromatic heterocycles. The number of halogens is 3. The summed E-state index contributed by atoms with van der Waals surface area (Å²) in [5.41, 5.74) is -3.64. The van der Waals surface area contributed by atoms with Gasteiger partial charge in [-0.25, -0.2) is 4.98 Å². The van der Waals surface area contributed by atoms with E-state index in [2.05, 4.69) is 4.98 Å². The molecule has 0 aliphatic carbocycles. The number of alkyl halides is 3. The number of nitrogens with zero attached hydrogens (tertiary/aromatic N) is 5. The van der Waals surface area contributed by atoms with E-state index < -0.39 is 33.0 Å². The van der Waals surface area contributed by atoms with Crippen molar-refractivity contribution in [2.45, 2.75) is 25.1 Å². The number of nitro groups is 2. The van der Waals surface area contributed by atoms with Gasteiger partial charge in [0.25, 0.3) is 11.4 Å². The number of hydrogen-bond acceptors (Lipinski definition) is 6. The van der Waals surface area contributed by atoms with Gasteiger partial charge in [-0.05, 0) is 12.8 Å². The second kappa shape index (κ2) is 6.85. The molecule has 2 aromatic rings. The monoisotopic (exact) mass is 385 g/mol. The first-order valence-electron chi connectivity index (χ1n) is 7.95. The number of aromatic nitrogens is 2. The highest BCUT2D eigenvalue weighted by molar-refractivity contribution is 5.76. The molecule has 1 saturated heterocycles. The summed E-state index contributed by atoms with van der Waals surface area (Å²) in [4.78, 5) is 26.0. The second-order valence-electron chi connectivity index (χ2n) is 6.10. The van der Waals surface area contributed by atoms with E-state index in [0.29, 0.717) is 25.0 Å². The van der Waals surface area contributed by atoms with Crippen LogP contribution in [0, 0.1) is 20.2 Å². The fraction of sp³-hybridized carbons (Fsp3) is 0.400. The maximum absolute atomic E-state index is 13.0. The van der Waals surface area contributed by atoms with E-state index in [1.165, 1.54) is 4.90 Å². The summed E-state index contributed by atoms with van der Waals surface area (Å²) in [5.74, 6) is 0. The van der Waals surface area contributed by atoms with Gasteiger partial charge >= 0.3 is 6.18 Å². The van der Waals surface area contributed by atoms with Crippen molar-refractivity contribution in [3.63, 3.8) is 0 Å². The van der Waals surface area contributed by atoms with Crippen molar-refractivity contribution >= 4 is 17.1 Å². The van der Waals surface area contributed by atoms with Crippen molar-refractivity contribution < 1.29 is 23.0 Å². The summed E-state index contributed by atoms with van der Waals surface area (Å²) < 4.78 is 40.8. The highest BCUT2D eigenvalue weighted by Crippen LogP contribution is 2.44. The minimum Gasteiger partial charge on any atom is -0.360 e. The Morgan fingerprint density at radius 2 is 1.63 bits per heavy atom. The minimum atomic E-state index is -4.93. The normalized spacial score (nSPS) is 15.7. The minimum absolute atomic E-state index is 0.0660. The van der Waals surface area contributed by atoms with Crippen LogP contribution in [-0.2, 0) is 6.18 Å². The number of imidazole rings is 1. The van der Waals surface area contributed by atoms with Crippen LogP contribution in [0.2, 0.25) is 0 Å². The van der Waals surface area contributed by atoms with Gasteiger partial charge in [0.1, 0.15) is 0 Å². The molecule has 0 atom stereocenters. The molecule has 0 amide bonds. The molecule has 12 heteroatoms. The van der Waals surface area contributed by atoms with E-state index in [4.69, 9.17) is 0 Å². The van der Waals surface area contributed by atoms with Crippen LogP contribution in [0.4, 0.5) is 30.2 Å². The molecule has 3 rings (SSSR count). The van der Waals surface area contributed by atoms with Crippen LogP contribution >= 0.6 is 0 Å². The third-order valence-corrected chi connectivity index (χ3v) is 4.52. The fourth-order valence-corrected chi connectivity index (χ4v) is 3.24. The SMILES string of the molecule is O=[N+]([O-])c1cc(C(F)(F)F)cc([N+](=O)[O-])c1N1CCC(n2ccnc2)CC1. The van der Waals surface area contributed by atoms with Gasteiger partial charge in [0, 0.05) is 43.7 Å². The Balaban J connectivity index is 1.99. The number of piperidine rings is 1. The number of anilines is 1. The van der Waals surface area contributed by atoms with E-state index in [-0.39, 0.29) is 24.8 Å². The average Bonchev–Trinajstić information content (AvgIpc) is 3.14. The van der Waals surface area contributed by atoms with Crippen LogP contribution in [0.1, 0.15) is 24.4 Å². The quantitative estimate of drug-likeness (QED) is 0.588. The fourth-order valence-electron chi connectivity index (χ4n) is 3.24. The molecular formula is C15H14F3N5O4.